The molecule has 0 N–H and O–H groups in total. The fourth-order valence-corrected chi connectivity index (χ4v) is 2.21. The number of halogens is 1. The van der Waals surface area contributed by atoms with Crippen LogP contribution in [0, 0.1) is 17.1 Å². The van der Waals surface area contributed by atoms with Crippen molar-refractivity contribution in [1.82, 2.24) is 4.90 Å². The van der Waals surface area contributed by atoms with Gasteiger partial charge in [-0.3, -0.25) is 4.90 Å². The van der Waals surface area contributed by atoms with Crippen molar-refractivity contribution in [3.63, 3.8) is 0 Å². The van der Waals surface area contributed by atoms with Crippen molar-refractivity contribution in [1.29, 1.82) is 5.26 Å². The van der Waals surface area contributed by atoms with E-state index < -0.39 is 0 Å². The minimum atomic E-state index is -0.352. The zero-order valence-electron chi connectivity index (χ0n) is 10.7. The monoisotopic (exact) mass is 248 g/mol. The Balaban J connectivity index is 2.18. The molecule has 1 saturated heterocycles. The standard InChI is InChI=1S/C14H17FN2O/c1-14(2)10-18-4-3-17(14)9-12-5-11(8-16)6-13(15)7-12/h5-7H,3-4,9-10H2,1-2H3. The van der Waals surface area contributed by atoms with Gasteiger partial charge >= 0.3 is 0 Å². The summed E-state index contributed by atoms with van der Waals surface area (Å²) in [7, 11) is 0. The Bertz CT molecular complexity index is 479. The first-order valence-corrected chi connectivity index (χ1v) is 6.04. The van der Waals surface area contributed by atoms with Gasteiger partial charge in [0.05, 0.1) is 24.8 Å². The molecule has 2 rings (SSSR count). The maximum Gasteiger partial charge on any atom is 0.124 e. The van der Waals surface area contributed by atoms with Crippen LogP contribution in [-0.2, 0) is 11.3 Å². The molecule has 1 aliphatic rings. The van der Waals surface area contributed by atoms with Crippen molar-refractivity contribution >= 4 is 0 Å². The molecule has 0 atom stereocenters. The lowest BCUT2D eigenvalue weighted by Crippen LogP contribution is -2.52. The van der Waals surface area contributed by atoms with E-state index in [0.29, 0.717) is 25.3 Å². The van der Waals surface area contributed by atoms with Gasteiger partial charge in [-0.25, -0.2) is 4.39 Å². The third kappa shape index (κ3) is 2.87. The van der Waals surface area contributed by atoms with Crippen molar-refractivity contribution < 1.29 is 9.13 Å². The Morgan fingerprint density at radius 3 is 2.89 bits per heavy atom. The van der Waals surface area contributed by atoms with E-state index in [2.05, 4.69) is 18.7 Å². The number of ether oxygens (including phenoxy) is 1. The van der Waals surface area contributed by atoms with Gasteiger partial charge < -0.3 is 4.74 Å². The molecule has 0 bridgehead atoms. The van der Waals surface area contributed by atoms with Crippen molar-refractivity contribution in [3.05, 3.63) is 35.1 Å². The highest BCUT2D eigenvalue weighted by molar-refractivity contribution is 5.33. The summed E-state index contributed by atoms with van der Waals surface area (Å²) in [5, 5.41) is 8.84. The predicted octanol–water partition coefficient (Wildman–Crippen LogP) is 2.31. The highest BCUT2D eigenvalue weighted by Gasteiger charge is 2.30. The van der Waals surface area contributed by atoms with Crippen LogP contribution in [0.1, 0.15) is 25.0 Å². The van der Waals surface area contributed by atoms with E-state index in [1.165, 1.54) is 12.1 Å². The number of nitrogens with zero attached hydrogens (tertiary/aromatic N) is 2. The average molecular weight is 248 g/mol. The van der Waals surface area contributed by atoms with E-state index in [-0.39, 0.29) is 11.4 Å². The van der Waals surface area contributed by atoms with Crippen LogP contribution in [0.3, 0.4) is 0 Å². The summed E-state index contributed by atoms with van der Waals surface area (Å²) in [5.74, 6) is -0.352. The topological polar surface area (TPSA) is 36.3 Å². The van der Waals surface area contributed by atoms with Gasteiger partial charge in [-0.2, -0.15) is 5.26 Å². The zero-order chi connectivity index (χ0) is 13.2. The number of hydrogen-bond acceptors (Lipinski definition) is 3. The van der Waals surface area contributed by atoms with E-state index in [1.54, 1.807) is 6.07 Å². The second-order valence-electron chi connectivity index (χ2n) is 5.25. The van der Waals surface area contributed by atoms with E-state index in [4.69, 9.17) is 10.00 Å². The molecule has 0 unspecified atom stereocenters. The first-order chi connectivity index (χ1) is 8.51. The summed E-state index contributed by atoms with van der Waals surface area (Å²) in [4.78, 5) is 2.26. The highest BCUT2D eigenvalue weighted by Crippen LogP contribution is 2.22. The van der Waals surface area contributed by atoms with Crippen LogP contribution in [0.5, 0.6) is 0 Å². The van der Waals surface area contributed by atoms with Gasteiger partial charge in [-0.05, 0) is 37.6 Å². The maximum absolute atomic E-state index is 13.4. The quantitative estimate of drug-likeness (QED) is 0.805. The van der Waals surface area contributed by atoms with Gasteiger partial charge in [0.1, 0.15) is 5.82 Å². The fourth-order valence-electron chi connectivity index (χ4n) is 2.21. The molecule has 1 heterocycles. The van der Waals surface area contributed by atoms with E-state index >= 15 is 0 Å². The van der Waals surface area contributed by atoms with Crippen LogP contribution >= 0.6 is 0 Å². The van der Waals surface area contributed by atoms with Crippen molar-refractivity contribution in [2.24, 2.45) is 0 Å². The molecule has 0 radical (unpaired) electrons. The summed E-state index contributed by atoms with van der Waals surface area (Å²) in [6.45, 7) is 7.05. The van der Waals surface area contributed by atoms with Crippen LogP contribution in [-0.4, -0.2) is 30.2 Å². The highest BCUT2D eigenvalue weighted by atomic mass is 19.1. The number of hydrogen-bond donors (Lipinski definition) is 0. The van der Waals surface area contributed by atoms with Crippen LogP contribution in [0.25, 0.3) is 0 Å². The van der Waals surface area contributed by atoms with Crippen LogP contribution in [0.4, 0.5) is 4.39 Å². The van der Waals surface area contributed by atoms with Crippen molar-refractivity contribution in [2.75, 3.05) is 19.8 Å². The molecule has 1 aromatic carbocycles. The average Bonchev–Trinajstić information content (AvgIpc) is 2.31. The predicted molar refractivity (Wildman–Crippen MR) is 66.4 cm³/mol. The first kappa shape index (κ1) is 13.0. The number of benzene rings is 1. The summed E-state index contributed by atoms with van der Waals surface area (Å²) in [6, 6.07) is 6.48. The molecule has 0 amide bonds. The lowest BCUT2D eigenvalue weighted by Gasteiger charge is -2.42. The Kier molecular flexibility index (Phi) is 3.65. The Morgan fingerprint density at radius 1 is 1.44 bits per heavy atom. The van der Waals surface area contributed by atoms with E-state index in [0.717, 1.165) is 12.1 Å². The third-order valence-electron chi connectivity index (χ3n) is 3.28. The minimum Gasteiger partial charge on any atom is -0.378 e. The molecule has 0 spiro atoms. The van der Waals surface area contributed by atoms with Gasteiger partial charge in [-0.1, -0.05) is 0 Å². The molecule has 1 aliphatic heterocycles. The normalized spacial score (nSPS) is 19.4. The molecule has 0 aromatic heterocycles. The van der Waals surface area contributed by atoms with Crippen LogP contribution in [0.15, 0.2) is 18.2 Å². The lowest BCUT2D eigenvalue weighted by molar-refractivity contribution is -0.0553. The van der Waals surface area contributed by atoms with Gasteiger partial charge in [0.15, 0.2) is 0 Å². The third-order valence-corrected chi connectivity index (χ3v) is 3.28. The van der Waals surface area contributed by atoms with Crippen LogP contribution in [0.2, 0.25) is 0 Å². The Hall–Kier alpha value is -1.44. The second kappa shape index (κ2) is 5.05. The molecule has 3 nitrogen and oxygen atoms in total. The van der Waals surface area contributed by atoms with E-state index in [9.17, 15) is 4.39 Å². The number of morpholine rings is 1. The molecular weight excluding hydrogens is 231 g/mol. The van der Waals surface area contributed by atoms with Crippen molar-refractivity contribution in [2.45, 2.75) is 25.9 Å². The summed E-state index contributed by atoms with van der Waals surface area (Å²) in [6.07, 6.45) is 0. The SMILES string of the molecule is CC1(C)COCCN1Cc1cc(F)cc(C#N)c1. The number of rotatable bonds is 2. The number of nitriles is 1. The Morgan fingerprint density at radius 2 is 2.22 bits per heavy atom. The molecule has 1 fully saturated rings. The Labute approximate surface area is 107 Å². The summed E-state index contributed by atoms with van der Waals surface area (Å²) < 4.78 is 18.8. The van der Waals surface area contributed by atoms with Gasteiger partial charge in [0, 0.05) is 18.6 Å². The first-order valence-electron chi connectivity index (χ1n) is 6.04. The molecule has 0 saturated carbocycles. The molecular formula is C14H17FN2O. The van der Waals surface area contributed by atoms with Gasteiger partial charge in [0.2, 0.25) is 0 Å². The molecule has 18 heavy (non-hydrogen) atoms. The second-order valence-corrected chi connectivity index (χ2v) is 5.25. The molecule has 4 heteroatoms. The zero-order valence-corrected chi connectivity index (χ0v) is 10.7. The summed E-state index contributed by atoms with van der Waals surface area (Å²) in [5.41, 5.74) is 1.15. The van der Waals surface area contributed by atoms with Crippen molar-refractivity contribution in [3.8, 4) is 6.07 Å². The smallest absolute Gasteiger partial charge is 0.124 e. The lowest BCUT2D eigenvalue weighted by atomic mass is 10.0. The minimum absolute atomic E-state index is 0.0582. The van der Waals surface area contributed by atoms with E-state index in [1.807, 2.05) is 6.07 Å². The van der Waals surface area contributed by atoms with Crippen LogP contribution < -0.4 is 0 Å². The van der Waals surface area contributed by atoms with Gasteiger partial charge in [-0.15, -0.1) is 0 Å². The molecule has 96 valence electrons. The largest absolute Gasteiger partial charge is 0.378 e. The van der Waals surface area contributed by atoms with Gasteiger partial charge in [0.25, 0.3) is 0 Å². The fraction of sp³-hybridized carbons (Fsp3) is 0.500. The molecule has 1 aromatic rings. The summed E-state index contributed by atoms with van der Waals surface area (Å²) >= 11 is 0. The molecule has 0 aliphatic carbocycles. The maximum atomic E-state index is 13.4.